The molecule has 7 nitrogen and oxygen atoms in total. The van der Waals surface area contributed by atoms with E-state index >= 15 is 0 Å². The number of nitrogens with zero attached hydrogens (tertiary/aromatic N) is 2. The number of primary amides is 1. The van der Waals surface area contributed by atoms with Gasteiger partial charge in [-0.15, -0.1) is 0 Å². The highest BCUT2D eigenvalue weighted by atomic mass is 16.2. The number of aromatic nitrogens is 1. The van der Waals surface area contributed by atoms with E-state index in [1.165, 1.54) is 18.5 Å². The van der Waals surface area contributed by atoms with Gasteiger partial charge in [0.05, 0.1) is 23.5 Å². The standard InChI is InChI=1S/C21H24N4O3/c1-13-4-3-5-15(8-13)18-7-6-14(2)12-25(18)21(28)20(27)24-17-9-16(19(22)26)10-23-11-17/h3-5,8-11,14,18H,6-7,12H2,1-2H3,(H2,22,26)(H,24,27). The van der Waals surface area contributed by atoms with Crippen LogP contribution in [0.15, 0.2) is 42.7 Å². The average Bonchev–Trinajstić information content (AvgIpc) is 2.67. The Labute approximate surface area is 163 Å². The Morgan fingerprint density at radius 2 is 1.96 bits per heavy atom. The van der Waals surface area contributed by atoms with Gasteiger partial charge in [0.25, 0.3) is 0 Å². The van der Waals surface area contributed by atoms with Crippen molar-refractivity contribution in [1.29, 1.82) is 0 Å². The summed E-state index contributed by atoms with van der Waals surface area (Å²) in [4.78, 5) is 42.3. The summed E-state index contributed by atoms with van der Waals surface area (Å²) in [5, 5.41) is 2.53. The maximum Gasteiger partial charge on any atom is 0.313 e. The third-order valence-electron chi connectivity index (χ3n) is 4.98. The molecule has 3 N–H and O–H groups in total. The number of amides is 3. The van der Waals surface area contributed by atoms with Crippen molar-refractivity contribution in [1.82, 2.24) is 9.88 Å². The molecule has 0 aliphatic carbocycles. The molecule has 2 atom stereocenters. The summed E-state index contributed by atoms with van der Waals surface area (Å²) < 4.78 is 0. The number of piperidine rings is 1. The van der Waals surface area contributed by atoms with Gasteiger partial charge in [-0.25, -0.2) is 0 Å². The van der Waals surface area contributed by atoms with Crippen molar-refractivity contribution < 1.29 is 14.4 Å². The summed E-state index contributed by atoms with van der Waals surface area (Å²) in [5.74, 6) is -1.69. The van der Waals surface area contributed by atoms with Crippen LogP contribution in [0.5, 0.6) is 0 Å². The largest absolute Gasteiger partial charge is 0.366 e. The van der Waals surface area contributed by atoms with E-state index in [9.17, 15) is 14.4 Å². The smallest absolute Gasteiger partial charge is 0.313 e. The maximum atomic E-state index is 12.9. The highest BCUT2D eigenvalue weighted by molar-refractivity contribution is 6.39. The number of anilines is 1. The van der Waals surface area contributed by atoms with Crippen LogP contribution < -0.4 is 11.1 Å². The molecule has 1 aliphatic heterocycles. The second-order valence-electron chi connectivity index (χ2n) is 7.35. The number of carbonyl (C=O) groups is 3. The molecule has 0 radical (unpaired) electrons. The van der Waals surface area contributed by atoms with Gasteiger partial charge in [0, 0.05) is 12.7 Å². The molecule has 0 saturated carbocycles. The highest BCUT2D eigenvalue weighted by Gasteiger charge is 2.34. The number of hydrogen-bond donors (Lipinski definition) is 2. The first-order chi connectivity index (χ1) is 13.3. The second-order valence-corrected chi connectivity index (χ2v) is 7.35. The van der Waals surface area contributed by atoms with Crippen molar-refractivity contribution in [3.63, 3.8) is 0 Å². The molecule has 2 unspecified atom stereocenters. The maximum absolute atomic E-state index is 12.9. The minimum atomic E-state index is -0.754. The molecule has 2 heterocycles. The molecule has 7 heteroatoms. The van der Waals surface area contributed by atoms with Gasteiger partial charge < -0.3 is 16.0 Å². The molecule has 1 aliphatic rings. The molecular weight excluding hydrogens is 356 g/mol. The predicted molar refractivity (Wildman–Crippen MR) is 105 cm³/mol. The first-order valence-corrected chi connectivity index (χ1v) is 9.28. The van der Waals surface area contributed by atoms with Crippen molar-refractivity contribution >= 4 is 23.4 Å². The predicted octanol–water partition coefficient (Wildman–Crippen LogP) is 2.43. The van der Waals surface area contributed by atoms with E-state index in [2.05, 4.69) is 23.3 Å². The fourth-order valence-corrected chi connectivity index (χ4v) is 3.56. The van der Waals surface area contributed by atoms with E-state index < -0.39 is 17.7 Å². The number of rotatable bonds is 3. The second kappa shape index (κ2) is 8.21. The number of carbonyl (C=O) groups excluding carboxylic acids is 3. The quantitative estimate of drug-likeness (QED) is 0.798. The number of nitrogens with two attached hydrogens (primary N) is 1. The van der Waals surface area contributed by atoms with Crippen LogP contribution in [0.25, 0.3) is 0 Å². The summed E-state index contributed by atoms with van der Waals surface area (Å²) in [5.41, 5.74) is 7.80. The van der Waals surface area contributed by atoms with Gasteiger partial charge >= 0.3 is 11.8 Å². The Morgan fingerprint density at radius 3 is 2.68 bits per heavy atom. The Hall–Kier alpha value is -3.22. The number of aryl methyl sites for hydroxylation is 1. The molecule has 1 fully saturated rings. The Kier molecular flexibility index (Phi) is 5.73. The van der Waals surface area contributed by atoms with E-state index in [-0.39, 0.29) is 17.3 Å². The van der Waals surface area contributed by atoms with Crippen molar-refractivity contribution in [3.05, 3.63) is 59.4 Å². The van der Waals surface area contributed by atoms with Crippen molar-refractivity contribution in [3.8, 4) is 0 Å². The third-order valence-corrected chi connectivity index (χ3v) is 4.98. The first-order valence-electron chi connectivity index (χ1n) is 9.28. The van der Waals surface area contributed by atoms with E-state index in [0.29, 0.717) is 12.5 Å². The Balaban J connectivity index is 1.80. The summed E-state index contributed by atoms with van der Waals surface area (Å²) in [6.07, 6.45) is 4.48. The minimum Gasteiger partial charge on any atom is -0.366 e. The summed E-state index contributed by atoms with van der Waals surface area (Å²) in [6, 6.07) is 9.28. The van der Waals surface area contributed by atoms with Crippen LogP contribution in [-0.2, 0) is 9.59 Å². The van der Waals surface area contributed by atoms with Crippen molar-refractivity contribution in [2.24, 2.45) is 11.7 Å². The van der Waals surface area contributed by atoms with Gasteiger partial charge in [0.15, 0.2) is 0 Å². The molecule has 1 saturated heterocycles. The van der Waals surface area contributed by atoms with Crippen molar-refractivity contribution in [2.45, 2.75) is 32.7 Å². The summed E-state index contributed by atoms with van der Waals surface area (Å²) >= 11 is 0. The molecule has 3 rings (SSSR count). The van der Waals surface area contributed by atoms with Crippen LogP contribution in [0.3, 0.4) is 0 Å². The van der Waals surface area contributed by atoms with Gasteiger partial charge in [-0.3, -0.25) is 19.4 Å². The average molecular weight is 380 g/mol. The molecule has 0 bridgehead atoms. The van der Waals surface area contributed by atoms with Gasteiger partial charge in [0.2, 0.25) is 5.91 Å². The number of benzene rings is 1. The fourth-order valence-electron chi connectivity index (χ4n) is 3.56. The molecule has 28 heavy (non-hydrogen) atoms. The summed E-state index contributed by atoms with van der Waals surface area (Å²) in [7, 11) is 0. The lowest BCUT2D eigenvalue weighted by molar-refractivity contribution is -0.146. The lowest BCUT2D eigenvalue weighted by atomic mass is 9.89. The minimum absolute atomic E-state index is 0.135. The normalized spacial score (nSPS) is 19.1. The van der Waals surface area contributed by atoms with Gasteiger partial charge in [0.1, 0.15) is 0 Å². The van der Waals surface area contributed by atoms with Crippen molar-refractivity contribution in [2.75, 3.05) is 11.9 Å². The lowest BCUT2D eigenvalue weighted by Gasteiger charge is -2.38. The molecule has 1 aromatic heterocycles. The summed E-state index contributed by atoms with van der Waals surface area (Å²) in [6.45, 7) is 4.60. The third kappa shape index (κ3) is 4.36. The Morgan fingerprint density at radius 1 is 1.18 bits per heavy atom. The van der Waals surface area contributed by atoms with E-state index in [0.717, 1.165) is 24.0 Å². The van der Waals surface area contributed by atoms with E-state index in [1.807, 2.05) is 25.1 Å². The van der Waals surface area contributed by atoms with Crippen LogP contribution in [0.4, 0.5) is 5.69 Å². The SMILES string of the molecule is Cc1cccc(C2CCC(C)CN2C(=O)C(=O)Nc2cncc(C(N)=O)c2)c1. The highest BCUT2D eigenvalue weighted by Crippen LogP contribution is 2.33. The molecular formula is C21H24N4O3. The molecule has 2 aromatic rings. The van der Waals surface area contributed by atoms with Gasteiger partial charge in [-0.2, -0.15) is 0 Å². The number of nitrogens with one attached hydrogen (secondary N) is 1. The van der Waals surface area contributed by atoms with Crippen LogP contribution in [0, 0.1) is 12.8 Å². The monoisotopic (exact) mass is 380 g/mol. The van der Waals surface area contributed by atoms with Crippen LogP contribution in [-0.4, -0.2) is 34.2 Å². The number of hydrogen-bond acceptors (Lipinski definition) is 4. The van der Waals surface area contributed by atoms with Gasteiger partial charge in [-0.1, -0.05) is 36.8 Å². The molecule has 0 spiro atoms. The zero-order chi connectivity index (χ0) is 20.3. The van der Waals surface area contributed by atoms with Crippen LogP contribution >= 0.6 is 0 Å². The molecule has 1 aromatic carbocycles. The topological polar surface area (TPSA) is 105 Å². The van der Waals surface area contributed by atoms with E-state index in [4.69, 9.17) is 5.73 Å². The number of pyridine rings is 1. The zero-order valence-electron chi connectivity index (χ0n) is 16.0. The first kappa shape index (κ1) is 19.5. The fraction of sp³-hybridized carbons (Fsp3) is 0.333. The number of likely N-dealkylation sites (tertiary alicyclic amines) is 1. The van der Waals surface area contributed by atoms with Crippen LogP contribution in [0.2, 0.25) is 0 Å². The Bertz CT molecular complexity index is 912. The van der Waals surface area contributed by atoms with Gasteiger partial charge in [-0.05, 0) is 37.3 Å². The molecule has 3 amide bonds. The lowest BCUT2D eigenvalue weighted by Crippen LogP contribution is -2.46. The zero-order valence-corrected chi connectivity index (χ0v) is 16.0. The van der Waals surface area contributed by atoms with Crippen LogP contribution in [0.1, 0.15) is 47.3 Å². The molecule has 146 valence electrons. The van der Waals surface area contributed by atoms with E-state index in [1.54, 1.807) is 4.90 Å².